The Balaban J connectivity index is 2.24. The number of nitrogens with zero attached hydrogens (tertiary/aromatic N) is 4. The molecule has 0 atom stereocenters. The number of aromatic nitrogens is 5. The first-order valence-corrected chi connectivity index (χ1v) is 4.24. The maximum Gasteiger partial charge on any atom is 0.199 e. The van der Waals surface area contributed by atoms with E-state index in [2.05, 4.69) is 29.9 Å². The smallest absolute Gasteiger partial charge is 0.199 e. The summed E-state index contributed by atoms with van der Waals surface area (Å²) in [7, 11) is 0. The summed E-state index contributed by atoms with van der Waals surface area (Å²) in [4.78, 5) is 11.3. The molecule has 3 N–H and O–H groups in total. The number of nitrogen functional groups attached to an aromatic ring is 1. The number of nitrogens with one attached hydrogen (secondary N) is 1. The number of fused-ring (bicyclic) bond motifs is 1. The Bertz CT molecular complexity index is 579. The minimum Gasteiger partial charge on any atom is -0.379 e. The van der Waals surface area contributed by atoms with Crippen molar-refractivity contribution in [2.75, 3.05) is 5.73 Å². The summed E-state index contributed by atoms with van der Waals surface area (Å²) >= 11 is 0. The molecule has 0 aliphatic carbocycles. The van der Waals surface area contributed by atoms with Crippen molar-refractivity contribution >= 4 is 17.0 Å². The van der Waals surface area contributed by atoms with Crippen LogP contribution < -0.4 is 5.73 Å². The average molecular weight is 202 g/mol. The lowest BCUT2D eigenvalue weighted by molar-refractivity contribution is 0.310. The summed E-state index contributed by atoms with van der Waals surface area (Å²) in [6, 6.07) is 3.68. The highest BCUT2D eigenvalue weighted by Gasteiger charge is 2.13. The van der Waals surface area contributed by atoms with E-state index in [1.807, 2.05) is 12.1 Å². The van der Waals surface area contributed by atoms with Gasteiger partial charge in [-0.25, -0.2) is 14.6 Å². The van der Waals surface area contributed by atoms with Crippen molar-refractivity contribution < 1.29 is 4.63 Å². The van der Waals surface area contributed by atoms with E-state index in [1.165, 1.54) is 0 Å². The Morgan fingerprint density at radius 1 is 1.33 bits per heavy atom. The van der Waals surface area contributed by atoms with Gasteiger partial charge < -0.3 is 10.7 Å². The number of pyridine rings is 1. The van der Waals surface area contributed by atoms with E-state index in [0.29, 0.717) is 17.2 Å². The van der Waals surface area contributed by atoms with Crippen molar-refractivity contribution in [2.24, 2.45) is 0 Å². The van der Waals surface area contributed by atoms with Crippen LogP contribution in [0.2, 0.25) is 0 Å². The Labute approximate surface area is 83.3 Å². The fourth-order valence-corrected chi connectivity index (χ4v) is 1.32. The lowest BCUT2D eigenvalue weighted by atomic mass is 10.4. The summed E-state index contributed by atoms with van der Waals surface area (Å²) in [6.07, 6.45) is 1.66. The third kappa shape index (κ3) is 1.13. The van der Waals surface area contributed by atoms with Crippen molar-refractivity contribution in [2.45, 2.75) is 0 Å². The molecule has 15 heavy (non-hydrogen) atoms. The Morgan fingerprint density at radius 2 is 2.27 bits per heavy atom. The zero-order valence-electron chi connectivity index (χ0n) is 7.51. The summed E-state index contributed by atoms with van der Waals surface area (Å²) in [5.74, 6) is 0.705. The van der Waals surface area contributed by atoms with Gasteiger partial charge in [0.25, 0.3) is 0 Å². The van der Waals surface area contributed by atoms with E-state index in [4.69, 9.17) is 5.73 Å². The first kappa shape index (κ1) is 7.92. The van der Waals surface area contributed by atoms with Crippen LogP contribution in [-0.4, -0.2) is 25.3 Å². The number of aromatic amines is 1. The number of hydrogen-bond acceptors (Lipinski definition) is 6. The summed E-state index contributed by atoms with van der Waals surface area (Å²) in [5, 5.41) is 7.12. The van der Waals surface area contributed by atoms with Gasteiger partial charge in [0.1, 0.15) is 0 Å². The maximum absolute atomic E-state index is 5.55. The van der Waals surface area contributed by atoms with Crippen LogP contribution in [0, 0.1) is 0 Å². The van der Waals surface area contributed by atoms with E-state index in [9.17, 15) is 0 Å². The zero-order valence-corrected chi connectivity index (χ0v) is 7.51. The third-order valence-corrected chi connectivity index (χ3v) is 2.00. The second kappa shape index (κ2) is 2.77. The molecule has 0 fully saturated rings. The molecule has 0 aliphatic heterocycles. The second-order valence-electron chi connectivity index (χ2n) is 2.96. The molecule has 0 saturated carbocycles. The molecule has 0 amide bonds. The molecule has 0 aliphatic rings. The van der Waals surface area contributed by atoms with Gasteiger partial charge in [-0.3, -0.25) is 0 Å². The Kier molecular flexibility index (Phi) is 1.46. The van der Waals surface area contributed by atoms with Gasteiger partial charge in [0.15, 0.2) is 23.0 Å². The highest BCUT2D eigenvalue weighted by atomic mass is 16.6. The molecule has 0 spiro atoms. The quantitative estimate of drug-likeness (QED) is 0.598. The van der Waals surface area contributed by atoms with Gasteiger partial charge in [-0.2, -0.15) is 0 Å². The highest BCUT2D eigenvalue weighted by molar-refractivity contribution is 5.76. The molecule has 74 valence electrons. The van der Waals surface area contributed by atoms with Gasteiger partial charge in [0, 0.05) is 6.20 Å². The topological polar surface area (TPSA) is 107 Å². The number of H-pyrrole nitrogens is 1. The molecule has 3 aromatic rings. The minimum atomic E-state index is 0.203. The fraction of sp³-hybridized carbons (Fsp3) is 0. The predicted molar refractivity (Wildman–Crippen MR) is 51.6 cm³/mol. The number of hydrogen-bond donors (Lipinski definition) is 2. The van der Waals surface area contributed by atoms with Gasteiger partial charge in [-0.1, -0.05) is 0 Å². The van der Waals surface area contributed by atoms with E-state index in [1.54, 1.807) is 6.20 Å². The lowest BCUT2D eigenvalue weighted by Crippen LogP contribution is -1.89. The van der Waals surface area contributed by atoms with Crippen LogP contribution in [0.15, 0.2) is 23.0 Å². The van der Waals surface area contributed by atoms with Crippen molar-refractivity contribution in [3.05, 3.63) is 18.3 Å². The summed E-state index contributed by atoms with van der Waals surface area (Å²) < 4.78 is 4.49. The van der Waals surface area contributed by atoms with E-state index >= 15 is 0 Å². The van der Waals surface area contributed by atoms with Crippen molar-refractivity contribution in [1.29, 1.82) is 0 Å². The fourth-order valence-electron chi connectivity index (χ4n) is 1.32. The number of imidazole rings is 1. The van der Waals surface area contributed by atoms with Crippen molar-refractivity contribution in [3.8, 4) is 11.5 Å². The van der Waals surface area contributed by atoms with Crippen molar-refractivity contribution in [1.82, 2.24) is 25.3 Å². The molecule has 0 saturated heterocycles. The van der Waals surface area contributed by atoms with Crippen LogP contribution in [0.25, 0.3) is 22.7 Å². The first-order valence-electron chi connectivity index (χ1n) is 4.24. The Morgan fingerprint density at radius 3 is 3.00 bits per heavy atom. The van der Waals surface area contributed by atoms with Crippen molar-refractivity contribution in [3.63, 3.8) is 0 Å². The largest absolute Gasteiger partial charge is 0.379 e. The number of anilines is 1. The summed E-state index contributed by atoms with van der Waals surface area (Å²) in [6.45, 7) is 0. The van der Waals surface area contributed by atoms with E-state index in [0.717, 1.165) is 5.52 Å². The SMILES string of the molecule is Nc1nonc1-c1nc2ncccc2[nH]1. The highest BCUT2D eigenvalue weighted by Crippen LogP contribution is 2.20. The first-order chi connectivity index (χ1) is 7.34. The van der Waals surface area contributed by atoms with Gasteiger partial charge in [-0.05, 0) is 22.4 Å². The second-order valence-corrected chi connectivity index (χ2v) is 2.96. The molecule has 0 radical (unpaired) electrons. The van der Waals surface area contributed by atoms with Crippen LogP contribution in [0.3, 0.4) is 0 Å². The standard InChI is InChI=1S/C8H6N6O/c9-6-5(13-15-14-6)8-11-4-2-1-3-10-7(4)12-8/h1-3H,(H2,9,14)(H,10,11,12). The summed E-state index contributed by atoms with van der Waals surface area (Å²) in [5.41, 5.74) is 7.36. The van der Waals surface area contributed by atoms with E-state index in [-0.39, 0.29) is 5.82 Å². The van der Waals surface area contributed by atoms with Crippen LogP contribution in [0.1, 0.15) is 0 Å². The minimum absolute atomic E-state index is 0.203. The lowest BCUT2D eigenvalue weighted by Gasteiger charge is -1.85. The molecule has 7 nitrogen and oxygen atoms in total. The van der Waals surface area contributed by atoms with Crippen LogP contribution >= 0.6 is 0 Å². The molecular formula is C8H6N6O. The maximum atomic E-state index is 5.55. The molecule has 3 heterocycles. The van der Waals surface area contributed by atoms with E-state index < -0.39 is 0 Å². The average Bonchev–Trinajstić information content (AvgIpc) is 2.82. The number of rotatable bonds is 1. The molecular weight excluding hydrogens is 196 g/mol. The monoisotopic (exact) mass is 202 g/mol. The normalized spacial score (nSPS) is 10.9. The molecule has 0 bridgehead atoms. The molecule has 7 heteroatoms. The zero-order chi connectivity index (χ0) is 10.3. The molecule has 0 aromatic carbocycles. The third-order valence-electron chi connectivity index (χ3n) is 2.00. The van der Waals surface area contributed by atoms with Gasteiger partial charge in [0.2, 0.25) is 0 Å². The van der Waals surface area contributed by atoms with Crippen LogP contribution in [0.5, 0.6) is 0 Å². The van der Waals surface area contributed by atoms with Gasteiger partial charge in [-0.15, -0.1) is 0 Å². The molecule has 3 rings (SSSR count). The van der Waals surface area contributed by atoms with Gasteiger partial charge >= 0.3 is 0 Å². The number of nitrogens with two attached hydrogens (primary N) is 1. The van der Waals surface area contributed by atoms with Gasteiger partial charge in [0.05, 0.1) is 5.52 Å². The van der Waals surface area contributed by atoms with Crippen LogP contribution in [-0.2, 0) is 0 Å². The Hall–Kier alpha value is -2.44. The molecule has 3 aromatic heterocycles. The van der Waals surface area contributed by atoms with Crippen LogP contribution in [0.4, 0.5) is 5.82 Å². The predicted octanol–water partition coefficient (Wildman–Crippen LogP) is 0.590. The molecule has 0 unspecified atom stereocenters.